The summed E-state index contributed by atoms with van der Waals surface area (Å²) in [7, 11) is 4.71. The molecule has 0 saturated heterocycles. The molecule has 3 rings (SSSR count). The Labute approximate surface area is 150 Å². The Balaban J connectivity index is 2.40. The van der Waals surface area contributed by atoms with Gasteiger partial charge in [-0.05, 0) is 13.0 Å². The highest BCUT2D eigenvalue weighted by atomic mass is 16.5. The van der Waals surface area contributed by atoms with Crippen LogP contribution in [0.2, 0.25) is 0 Å². The first-order valence-corrected chi connectivity index (χ1v) is 7.93. The van der Waals surface area contributed by atoms with Gasteiger partial charge in [-0.25, -0.2) is 0 Å². The van der Waals surface area contributed by atoms with Gasteiger partial charge in [0.05, 0.1) is 25.7 Å². The number of methoxy groups -OCH3 is 2. The molecule has 1 aromatic carbocycles. The third-order valence-electron chi connectivity index (χ3n) is 4.60. The zero-order chi connectivity index (χ0) is 19.0. The molecule has 0 radical (unpaired) electrons. The molecule has 0 bridgehead atoms. The molecule has 1 atom stereocenters. The highest BCUT2D eigenvalue weighted by molar-refractivity contribution is 5.60. The van der Waals surface area contributed by atoms with Crippen LogP contribution in [-0.2, 0) is 7.05 Å². The lowest BCUT2D eigenvalue weighted by Gasteiger charge is -2.28. The fraction of sp³-hybridized carbons (Fsp3) is 0.263. The molecule has 2 heterocycles. The number of pyridine rings is 1. The first-order chi connectivity index (χ1) is 12.4. The summed E-state index contributed by atoms with van der Waals surface area (Å²) < 4.78 is 18.0. The highest BCUT2D eigenvalue weighted by Gasteiger charge is 2.36. The van der Waals surface area contributed by atoms with Gasteiger partial charge >= 0.3 is 0 Å². The normalized spacial score (nSPS) is 15.7. The molecular formula is C19H19N3O4. The number of benzene rings is 1. The number of aromatic nitrogens is 1. The molecule has 0 amide bonds. The molecule has 1 aromatic heterocycles. The standard InChI is InChI=1S/C19H19N3O4/c1-10-8-14-16(19(23)22(10)2)15(12(9-20)18(21)26-14)11-6-5-7-13(24-3)17(11)25-4/h5-8,15H,21H2,1-4H3. The Morgan fingerprint density at radius 3 is 2.65 bits per heavy atom. The van der Waals surface area contributed by atoms with Crippen LogP contribution >= 0.6 is 0 Å². The fourth-order valence-corrected chi connectivity index (χ4v) is 3.19. The summed E-state index contributed by atoms with van der Waals surface area (Å²) in [6.07, 6.45) is 0. The number of rotatable bonds is 3. The predicted octanol–water partition coefficient (Wildman–Crippen LogP) is 1.93. The number of fused-ring (bicyclic) bond motifs is 1. The Hall–Kier alpha value is -3.40. The molecule has 0 aliphatic carbocycles. The number of nitrogens with two attached hydrogens (primary N) is 1. The number of nitrogens with zero attached hydrogens (tertiary/aromatic N) is 2. The van der Waals surface area contributed by atoms with E-state index in [2.05, 4.69) is 6.07 Å². The van der Waals surface area contributed by atoms with E-state index in [4.69, 9.17) is 19.9 Å². The number of aryl methyl sites for hydroxylation is 1. The summed E-state index contributed by atoms with van der Waals surface area (Å²) in [4.78, 5) is 13.0. The summed E-state index contributed by atoms with van der Waals surface area (Å²) in [5, 5.41) is 9.67. The Morgan fingerprint density at radius 1 is 1.31 bits per heavy atom. The van der Waals surface area contributed by atoms with Gasteiger partial charge in [0.1, 0.15) is 17.4 Å². The fourth-order valence-electron chi connectivity index (χ4n) is 3.19. The maximum Gasteiger partial charge on any atom is 0.258 e. The smallest absolute Gasteiger partial charge is 0.258 e. The molecular weight excluding hydrogens is 334 g/mol. The minimum atomic E-state index is -0.715. The van der Waals surface area contributed by atoms with Crippen LogP contribution < -0.4 is 25.5 Å². The number of allylic oxidation sites excluding steroid dienone is 1. The molecule has 2 aromatic rings. The van der Waals surface area contributed by atoms with E-state index in [1.807, 2.05) is 0 Å². The number of hydrogen-bond acceptors (Lipinski definition) is 6. The second kappa shape index (κ2) is 6.48. The van der Waals surface area contributed by atoms with Crippen molar-refractivity contribution in [3.05, 3.63) is 62.9 Å². The molecule has 1 aliphatic heterocycles. The maximum absolute atomic E-state index is 13.0. The number of ether oxygens (including phenoxy) is 3. The molecule has 0 spiro atoms. The van der Waals surface area contributed by atoms with E-state index in [0.29, 0.717) is 28.4 Å². The molecule has 1 unspecified atom stereocenters. The van der Waals surface area contributed by atoms with Crippen molar-refractivity contribution >= 4 is 0 Å². The van der Waals surface area contributed by atoms with Crippen LogP contribution in [0.5, 0.6) is 17.2 Å². The van der Waals surface area contributed by atoms with Gasteiger partial charge in [0.2, 0.25) is 5.88 Å². The Kier molecular flexibility index (Phi) is 4.34. The van der Waals surface area contributed by atoms with Gasteiger partial charge < -0.3 is 24.5 Å². The van der Waals surface area contributed by atoms with Gasteiger partial charge in [-0.3, -0.25) is 4.79 Å². The van der Waals surface area contributed by atoms with E-state index in [0.717, 1.165) is 5.69 Å². The quantitative estimate of drug-likeness (QED) is 0.905. The lowest BCUT2D eigenvalue weighted by atomic mass is 9.83. The van der Waals surface area contributed by atoms with Gasteiger partial charge in [-0.2, -0.15) is 5.26 Å². The molecule has 0 saturated carbocycles. The van der Waals surface area contributed by atoms with Crippen LogP contribution in [-0.4, -0.2) is 18.8 Å². The molecule has 1 aliphatic rings. The van der Waals surface area contributed by atoms with E-state index in [1.54, 1.807) is 38.2 Å². The van der Waals surface area contributed by atoms with Gasteiger partial charge in [0.25, 0.3) is 5.56 Å². The van der Waals surface area contributed by atoms with Crippen LogP contribution in [0.3, 0.4) is 0 Å². The second-order valence-electron chi connectivity index (χ2n) is 5.94. The van der Waals surface area contributed by atoms with Gasteiger partial charge in [0.15, 0.2) is 11.5 Å². The van der Waals surface area contributed by atoms with E-state index < -0.39 is 5.92 Å². The van der Waals surface area contributed by atoms with Gasteiger partial charge in [-0.1, -0.05) is 12.1 Å². The average Bonchev–Trinajstić information content (AvgIpc) is 2.64. The van der Waals surface area contributed by atoms with Crippen molar-refractivity contribution in [2.24, 2.45) is 12.8 Å². The molecule has 26 heavy (non-hydrogen) atoms. The number of hydrogen-bond donors (Lipinski definition) is 1. The molecule has 134 valence electrons. The molecule has 7 nitrogen and oxygen atoms in total. The molecule has 7 heteroatoms. The highest BCUT2D eigenvalue weighted by Crippen LogP contribution is 2.45. The minimum Gasteiger partial charge on any atom is -0.493 e. The Bertz CT molecular complexity index is 1010. The van der Waals surface area contributed by atoms with Crippen LogP contribution in [0, 0.1) is 18.3 Å². The summed E-state index contributed by atoms with van der Waals surface area (Å²) in [5.74, 6) is 0.543. The van der Waals surface area contributed by atoms with Crippen molar-refractivity contribution in [3.63, 3.8) is 0 Å². The lowest BCUT2D eigenvalue weighted by molar-refractivity contribution is 0.348. The van der Waals surface area contributed by atoms with Crippen LogP contribution in [0.4, 0.5) is 0 Å². The van der Waals surface area contributed by atoms with Gasteiger partial charge in [0, 0.05) is 24.4 Å². The minimum absolute atomic E-state index is 0.0254. The zero-order valence-corrected chi connectivity index (χ0v) is 15.0. The topological polar surface area (TPSA) is 99.5 Å². The van der Waals surface area contributed by atoms with Crippen molar-refractivity contribution in [1.82, 2.24) is 4.57 Å². The van der Waals surface area contributed by atoms with Crippen LogP contribution in [0.25, 0.3) is 0 Å². The number of para-hydroxylation sites is 1. The third kappa shape index (κ3) is 2.47. The van der Waals surface area contributed by atoms with Crippen molar-refractivity contribution < 1.29 is 14.2 Å². The van der Waals surface area contributed by atoms with E-state index in [9.17, 15) is 10.1 Å². The summed E-state index contributed by atoms with van der Waals surface area (Å²) >= 11 is 0. The second-order valence-corrected chi connectivity index (χ2v) is 5.94. The molecule has 0 fully saturated rings. The van der Waals surface area contributed by atoms with Crippen LogP contribution in [0.1, 0.15) is 22.7 Å². The predicted molar refractivity (Wildman–Crippen MR) is 95.3 cm³/mol. The summed E-state index contributed by atoms with van der Waals surface area (Å²) in [6, 6.07) is 9.11. The largest absolute Gasteiger partial charge is 0.493 e. The van der Waals surface area contributed by atoms with E-state index in [1.165, 1.54) is 18.8 Å². The monoisotopic (exact) mass is 353 g/mol. The zero-order valence-electron chi connectivity index (χ0n) is 15.0. The summed E-state index contributed by atoms with van der Waals surface area (Å²) in [6.45, 7) is 1.80. The lowest BCUT2D eigenvalue weighted by Crippen LogP contribution is -2.31. The van der Waals surface area contributed by atoms with Crippen molar-refractivity contribution in [3.8, 4) is 23.3 Å². The first kappa shape index (κ1) is 17.4. The van der Waals surface area contributed by atoms with E-state index in [-0.39, 0.29) is 17.0 Å². The van der Waals surface area contributed by atoms with Crippen molar-refractivity contribution in [2.75, 3.05) is 14.2 Å². The third-order valence-corrected chi connectivity index (χ3v) is 4.60. The molecule has 2 N–H and O–H groups in total. The summed E-state index contributed by atoms with van der Waals surface area (Å²) in [5.41, 5.74) is 7.56. The average molecular weight is 353 g/mol. The first-order valence-electron chi connectivity index (χ1n) is 7.93. The SMILES string of the molecule is COc1cccc(C2C(C#N)=C(N)Oc3cc(C)n(C)c(=O)c32)c1OC. The number of nitriles is 1. The van der Waals surface area contributed by atoms with Gasteiger partial charge in [-0.15, -0.1) is 0 Å². The van der Waals surface area contributed by atoms with Crippen molar-refractivity contribution in [2.45, 2.75) is 12.8 Å². The van der Waals surface area contributed by atoms with Crippen molar-refractivity contribution in [1.29, 1.82) is 5.26 Å². The maximum atomic E-state index is 13.0. The van der Waals surface area contributed by atoms with E-state index >= 15 is 0 Å². The van der Waals surface area contributed by atoms with Crippen LogP contribution in [0.15, 0.2) is 40.5 Å². The Morgan fingerprint density at radius 2 is 2.04 bits per heavy atom.